The van der Waals surface area contributed by atoms with Crippen molar-refractivity contribution in [3.05, 3.63) is 58.4 Å². The molecule has 1 aliphatic carbocycles. The van der Waals surface area contributed by atoms with Gasteiger partial charge in [0, 0.05) is 63.6 Å². The molecule has 2 amide bonds. The van der Waals surface area contributed by atoms with Crippen LogP contribution in [0.1, 0.15) is 55.8 Å². The number of carbonyl (C=O) groups is 1. The Kier molecular flexibility index (Phi) is 8.32. The Bertz CT molecular complexity index is 1030. The van der Waals surface area contributed by atoms with E-state index in [4.69, 9.17) is 11.6 Å². The summed E-state index contributed by atoms with van der Waals surface area (Å²) in [4.78, 5) is 24.3. The van der Waals surface area contributed by atoms with Crippen LogP contribution in [0, 0.1) is 5.92 Å². The minimum atomic E-state index is 0.0930. The normalized spacial score (nSPS) is 22.8. The Morgan fingerprint density at radius 3 is 2.64 bits per heavy atom. The molecule has 3 aliphatic rings. The number of aryl methyl sites for hydroxylation is 1. The smallest absolute Gasteiger partial charge is 0.317 e. The second kappa shape index (κ2) is 11.8. The first-order chi connectivity index (χ1) is 17.6. The number of fused-ring (bicyclic) bond motifs is 1. The van der Waals surface area contributed by atoms with Crippen molar-refractivity contribution in [1.29, 1.82) is 0 Å². The lowest BCUT2D eigenvalue weighted by Gasteiger charge is -2.38. The molecule has 1 saturated carbocycles. The van der Waals surface area contributed by atoms with Gasteiger partial charge in [-0.05, 0) is 74.2 Å². The molecule has 0 radical (unpaired) electrons. The summed E-state index contributed by atoms with van der Waals surface area (Å²) in [5, 5.41) is 4.25. The Hall–Kier alpha value is -2.31. The largest absolute Gasteiger partial charge is 0.368 e. The predicted octanol–water partition coefficient (Wildman–Crippen LogP) is 5.14. The molecule has 0 spiro atoms. The van der Waals surface area contributed by atoms with Gasteiger partial charge in [0.05, 0.1) is 10.7 Å². The maximum Gasteiger partial charge on any atom is 0.317 e. The van der Waals surface area contributed by atoms with Crippen molar-refractivity contribution < 1.29 is 4.79 Å². The Morgan fingerprint density at radius 2 is 1.86 bits per heavy atom. The van der Waals surface area contributed by atoms with Gasteiger partial charge in [-0.1, -0.05) is 36.7 Å². The monoisotopic (exact) mass is 509 g/mol. The van der Waals surface area contributed by atoms with E-state index in [1.165, 1.54) is 42.6 Å². The maximum absolute atomic E-state index is 12.9. The van der Waals surface area contributed by atoms with Crippen LogP contribution < -0.4 is 10.2 Å². The average Bonchev–Trinajstić information content (AvgIpc) is 2.93. The van der Waals surface area contributed by atoms with Gasteiger partial charge in [0.15, 0.2) is 0 Å². The lowest BCUT2D eigenvalue weighted by molar-refractivity contribution is 0.177. The van der Waals surface area contributed by atoms with Crippen molar-refractivity contribution in [3.63, 3.8) is 0 Å². The van der Waals surface area contributed by atoms with E-state index in [1.54, 1.807) is 0 Å². The summed E-state index contributed by atoms with van der Waals surface area (Å²) in [5.74, 6) is 0.778. The summed E-state index contributed by atoms with van der Waals surface area (Å²) in [6.07, 6.45) is 9.57. The Morgan fingerprint density at radius 1 is 1.06 bits per heavy atom. The topological polar surface area (TPSA) is 51.7 Å². The highest BCUT2D eigenvalue weighted by Crippen LogP contribution is 2.31. The van der Waals surface area contributed by atoms with E-state index in [-0.39, 0.29) is 6.03 Å². The van der Waals surface area contributed by atoms with Crippen molar-refractivity contribution in [2.45, 2.75) is 64.5 Å². The van der Waals surface area contributed by atoms with Gasteiger partial charge in [0.1, 0.15) is 0 Å². The van der Waals surface area contributed by atoms with Crippen molar-refractivity contribution in [2.75, 3.05) is 44.2 Å². The molecule has 2 fully saturated rings. The van der Waals surface area contributed by atoms with E-state index < -0.39 is 0 Å². The van der Waals surface area contributed by atoms with Gasteiger partial charge in [0.2, 0.25) is 0 Å². The van der Waals surface area contributed by atoms with Gasteiger partial charge in [-0.2, -0.15) is 0 Å². The fourth-order valence-corrected chi connectivity index (χ4v) is 6.44. The van der Waals surface area contributed by atoms with Crippen LogP contribution >= 0.6 is 11.6 Å². The molecular formula is C29H40ClN5O. The van der Waals surface area contributed by atoms with Crippen molar-refractivity contribution in [1.82, 2.24) is 20.1 Å². The number of anilines is 1. The number of hydrogen-bond acceptors (Lipinski definition) is 4. The van der Waals surface area contributed by atoms with Gasteiger partial charge in [-0.15, -0.1) is 0 Å². The van der Waals surface area contributed by atoms with Gasteiger partial charge >= 0.3 is 6.03 Å². The molecule has 1 saturated heterocycles. The summed E-state index contributed by atoms with van der Waals surface area (Å²) in [6.45, 7) is 9.07. The van der Waals surface area contributed by atoms with E-state index in [0.29, 0.717) is 12.6 Å². The van der Waals surface area contributed by atoms with E-state index >= 15 is 0 Å². The third-order valence-corrected chi connectivity index (χ3v) is 8.87. The highest BCUT2D eigenvalue weighted by Gasteiger charge is 2.27. The van der Waals surface area contributed by atoms with Gasteiger partial charge < -0.3 is 15.1 Å². The number of urea groups is 1. The summed E-state index contributed by atoms with van der Waals surface area (Å²) in [7, 11) is 0. The Balaban J connectivity index is 1.00. The Labute approximate surface area is 221 Å². The van der Waals surface area contributed by atoms with E-state index in [2.05, 4.69) is 51.3 Å². The minimum Gasteiger partial charge on any atom is -0.368 e. The number of rotatable bonds is 6. The molecule has 2 aliphatic heterocycles. The molecule has 0 atom stereocenters. The third-order valence-electron chi connectivity index (χ3n) is 8.43. The first-order valence-corrected chi connectivity index (χ1v) is 14.2. The van der Waals surface area contributed by atoms with Crippen molar-refractivity contribution in [2.24, 2.45) is 5.92 Å². The maximum atomic E-state index is 12.9. The molecule has 194 valence electrons. The molecular weight excluding hydrogens is 470 g/mol. The van der Waals surface area contributed by atoms with Crippen molar-refractivity contribution in [3.8, 4) is 0 Å². The molecule has 0 unspecified atom stereocenters. The van der Waals surface area contributed by atoms with Crippen LogP contribution in [-0.4, -0.2) is 66.1 Å². The van der Waals surface area contributed by atoms with Crippen LogP contribution in [0.15, 0.2) is 36.5 Å². The minimum absolute atomic E-state index is 0.0930. The number of carbonyl (C=O) groups excluding carboxylic acids is 1. The highest BCUT2D eigenvalue weighted by molar-refractivity contribution is 6.34. The van der Waals surface area contributed by atoms with Crippen LogP contribution in [0.5, 0.6) is 0 Å². The average molecular weight is 510 g/mol. The van der Waals surface area contributed by atoms with Crippen LogP contribution in [0.4, 0.5) is 10.5 Å². The number of amides is 2. The molecule has 0 bridgehead atoms. The second-order valence-electron chi connectivity index (χ2n) is 10.7. The van der Waals surface area contributed by atoms with Crippen LogP contribution in [0.2, 0.25) is 5.02 Å². The number of hydrogen-bond donors (Lipinski definition) is 1. The third kappa shape index (κ3) is 5.97. The molecule has 1 N–H and O–H groups in total. The first kappa shape index (κ1) is 25.3. The first-order valence-electron chi connectivity index (χ1n) is 13.8. The van der Waals surface area contributed by atoms with Gasteiger partial charge in [0.25, 0.3) is 0 Å². The predicted molar refractivity (Wildman–Crippen MR) is 147 cm³/mol. The fraction of sp³-hybridized carbons (Fsp3) is 0.586. The lowest BCUT2D eigenvalue weighted by Crippen LogP contribution is -2.48. The SMILES string of the molecule is CCc1cccc(N2CCN(CCC3CCC(NC(=O)N4CCc5ncccc5C4)CC3)CC2)c1Cl. The molecule has 1 aromatic carbocycles. The molecule has 3 heterocycles. The van der Waals surface area contributed by atoms with Crippen LogP contribution in [-0.2, 0) is 19.4 Å². The van der Waals surface area contributed by atoms with Gasteiger partial charge in [-0.25, -0.2) is 4.79 Å². The fourth-order valence-electron chi connectivity index (χ4n) is 6.06. The van der Waals surface area contributed by atoms with Gasteiger partial charge in [-0.3, -0.25) is 9.88 Å². The van der Waals surface area contributed by atoms with E-state index in [1.807, 2.05) is 17.2 Å². The summed E-state index contributed by atoms with van der Waals surface area (Å²) >= 11 is 6.66. The summed E-state index contributed by atoms with van der Waals surface area (Å²) < 4.78 is 0. The van der Waals surface area contributed by atoms with E-state index in [9.17, 15) is 4.79 Å². The lowest BCUT2D eigenvalue weighted by atomic mass is 9.84. The number of nitrogens with zero attached hydrogens (tertiary/aromatic N) is 4. The standard InChI is InChI=1S/C29H40ClN5O/c1-2-23-5-3-7-27(28(23)30)34-19-17-33(18-20-34)15-12-22-8-10-25(11-9-22)32-29(36)35-16-13-26-24(21-35)6-4-14-31-26/h3-7,14,22,25H,2,8-13,15-21H2,1H3,(H,32,36). The number of aromatic nitrogens is 1. The number of piperazine rings is 1. The second-order valence-corrected chi connectivity index (χ2v) is 11.0. The molecule has 5 rings (SSSR count). The number of benzene rings is 1. The number of pyridine rings is 1. The quantitative estimate of drug-likeness (QED) is 0.586. The molecule has 1 aromatic heterocycles. The number of nitrogens with one attached hydrogen (secondary N) is 1. The molecule has 7 heteroatoms. The zero-order chi connectivity index (χ0) is 24.9. The van der Waals surface area contributed by atoms with Crippen molar-refractivity contribution >= 4 is 23.3 Å². The highest BCUT2D eigenvalue weighted by atomic mass is 35.5. The van der Waals surface area contributed by atoms with Crippen LogP contribution in [0.3, 0.4) is 0 Å². The summed E-state index contributed by atoms with van der Waals surface area (Å²) in [5.41, 5.74) is 4.75. The zero-order valence-corrected chi connectivity index (χ0v) is 22.3. The summed E-state index contributed by atoms with van der Waals surface area (Å²) in [6, 6.07) is 10.9. The van der Waals surface area contributed by atoms with Crippen LogP contribution in [0.25, 0.3) is 0 Å². The number of halogens is 1. The van der Waals surface area contributed by atoms with E-state index in [0.717, 1.165) is 75.0 Å². The molecule has 6 nitrogen and oxygen atoms in total. The molecule has 2 aromatic rings. The molecule has 36 heavy (non-hydrogen) atoms. The zero-order valence-electron chi connectivity index (χ0n) is 21.6.